The van der Waals surface area contributed by atoms with Crippen LogP contribution in [-0.4, -0.2) is 43.1 Å². The van der Waals surface area contributed by atoms with Gasteiger partial charge in [-0.2, -0.15) is 13.2 Å². The highest BCUT2D eigenvalue weighted by atomic mass is 19.4. The summed E-state index contributed by atoms with van der Waals surface area (Å²) in [5, 5.41) is 13.7. The highest BCUT2D eigenvalue weighted by molar-refractivity contribution is 5.98. The Morgan fingerprint density at radius 3 is 2.46 bits per heavy atom. The second-order valence-corrected chi connectivity index (χ2v) is 7.40. The van der Waals surface area contributed by atoms with Gasteiger partial charge in [0.2, 0.25) is 0 Å². The van der Waals surface area contributed by atoms with Gasteiger partial charge in [-0.05, 0) is 59.4 Å². The molecule has 2 atom stereocenters. The van der Waals surface area contributed by atoms with Crippen molar-refractivity contribution in [3.8, 4) is 0 Å². The molecule has 5 rings (SSSR count). The number of benzene rings is 1. The second-order valence-electron chi connectivity index (χ2n) is 7.40. The second kappa shape index (κ2) is 5.52. The molecule has 2 amide bonds. The number of halogens is 3. The van der Waals surface area contributed by atoms with Crippen molar-refractivity contribution in [3.05, 3.63) is 35.7 Å². The Morgan fingerprint density at radius 2 is 1.86 bits per heavy atom. The van der Waals surface area contributed by atoms with Gasteiger partial charge in [0.25, 0.3) is 5.91 Å². The number of amides is 2. The monoisotopic (exact) mass is 392 g/mol. The van der Waals surface area contributed by atoms with E-state index in [0.29, 0.717) is 42.5 Å². The van der Waals surface area contributed by atoms with Crippen LogP contribution in [0.4, 0.5) is 18.9 Å². The van der Waals surface area contributed by atoms with Crippen LogP contribution in [0, 0.1) is 0 Å². The van der Waals surface area contributed by atoms with Gasteiger partial charge >= 0.3 is 12.1 Å². The van der Waals surface area contributed by atoms with E-state index in [0.717, 1.165) is 4.90 Å². The topological polar surface area (TPSA) is 93.0 Å². The minimum Gasteiger partial charge on any atom is -0.324 e. The molecule has 2 aliphatic heterocycles. The number of tetrazole rings is 1. The standard InChI is InChI=1S/C17H15F3N6O2/c18-17(19,20)15(28)26-12-3-4-13(26)11-7-9(1-2-10(11)12)22-14(27)16(5-6-16)25-8-21-23-24-25/h1-2,7-8,12-13H,3-6H2,(H,22,27). The summed E-state index contributed by atoms with van der Waals surface area (Å²) in [6.45, 7) is 0. The van der Waals surface area contributed by atoms with Crippen LogP contribution in [0.5, 0.6) is 0 Å². The fourth-order valence-electron chi connectivity index (χ4n) is 4.38. The Hall–Kier alpha value is -2.98. The van der Waals surface area contributed by atoms with Gasteiger partial charge in [0.15, 0.2) is 0 Å². The van der Waals surface area contributed by atoms with E-state index in [4.69, 9.17) is 0 Å². The normalized spacial score (nSPS) is 24.2. The summed E-state index contributed by atoms with van der Waals surface area (Å²) in [6, 6.07) is 3.85. The summed E-state index contributed by atoms with van der Waals surface area (Å²) in [7, 11) is 0. The van der Waals surface area contributed by atoms with Gasteiger partial charge in [0, 0.05) is 5.69 Å². The van der Waals surface area contributed by atoms with Crippen LogP contribution in [0.3, 0.4) is 0 Å². The molecule has 2 bridgehead atoms. The molecule has 146 valence electrons. The third-order valence-electron chi connectivity index (χ3n) is 5.86. The molecule has 1 aromatic heterocycles. The molecule has 3 heterocycles. The zero-order chi connectivity index (χ0) is 19.7. The van der Waals surface area contributed by atoms with Gasteiger partial charge in [-0.3, -0.25) is 9.59 Å². The minimum absolute atomic E-state index is 0.272. The summed E-state index contributed by atoms with van der Waals surface area (Å²) in [6.07, 6.45) is -1.32. The largest absolute Gasteiger partial charge is 0.471 e. The van der Waals surface area contributed by atoms with Crippen molar-refractivity contribution in [1.82, 2.24) is 25.1 Å². The predicted octanol–water partition coefficient (Wildman–Crippen LogP) is 2.08. The molecule has 1 saturated carbocycles. The van der Waals surface area contributed by atoms with Gasteiger partial charge < -0.3 is 10.2 Å². The number of nitrogens with one attached hydrogen (secondary N) is 1. The molecule has 0 radical (unpaired) electrons. The van der Waals surface area contributed by atoms with E-state index in [9.17, 15) is 22.8 Å². The number of nitrogens with zero attached hydrogens (tertiary/aromatic N) is 5. The number of aromatic nitrogens is 4. The zero-order valence-electron chi connectivity index (χ0n) is 14.5. The number of hydrogen-bond acceptors (Lipinski definition) is 5. The Bertz CT molecular complexity index is 970. The Morgan fingerprint density at radius 1 is 1.14 bits per heavy atom. The maximum Gasteiger partial charge on any atom is 0.471 e. The van der Waals surface area contributed by atoms with Crippen molar-refractivity contribution in [3.63, 3.8) is 0 Å². The molecule has 2 unspecified atom stereocenters. The van der Waals surface area contributed by atoms with Crippen molar-refractivity contribution in [1.29, 1.82) is 0 Å². The summed E-state index contributed by atoms with van der Waals surface area (Å²) >= 11 is 0. The average Bonchev–Trinajstić information content (AvgIpc) is 3.03. The molecule has 8 nitrogen and oxygen atoms in total. The highest BCUT2D eigenvalue weighted by Crippen LogP contribution is 2.54. The lowest BCUT2D eigenvalue weighted by Gasteiger charge is -2.23. The van der Waals surface area contributed by atoms with Crippen LogP contribution >= 0.6 is 0 Å². The number of rotatable bonds is 3. The maximum absolute atomic E-state index is 13.0. The Kier molecular flexibility index (Phi) is 3.38. The van der Waals surface area contributed by atoms with Crippen molar-refractivity contribution >= 4 is 17.5 Å². The van der Waals surface area contributed by atoms with Crippen molar-refractivity contribution < 1.29 is 22.8 Å². The zero-order valence-corrected chi connectivity index (χ0v) is 14.5. The lowest BCUT2D eigenvalue weighted by molar-refractivity contribution is -0.188. The molecule has 11 heteroatoms. The molecule has 1 saturated heterocycles. The van der Waals surface area contributed by atoms with Crippen LogP contribution in [0.2, 0.25) is 0 Å². The first-order valence-electron chi connectivity index (χ1n) is 8.89. The van der Waals surface area contributed by atoms with Gasteiger partial charge in [0.1, 0.15) is 11.9 Å². The predicted molar refractivity (Wildman–Crippen MR) is 87.7 cm³/mol. The number of alkyl halides is 3. The van der Waals surface area contributed by atoms with Crippen molar-refractivity contribution in [2.75, 3.05) is 5.32 Å². The van der Waals surface area contributed by atoms with Crippen LogP contribution in [-0.2, 0) is 15.1 Å². The van der Waals surface area contributed by atoms with Gasteiger partial charge in [0.05, 0.1) is 12.1 Å². The maximum atomic E-state index is 13.0. The molecular formula is C17H15F3N6O2. The Balaban J connectivity index is 1.40. The molecule has 1 N–H and O–H groups in total. The molecule has 2 fully saturated rings. The van der Waals surface area contributed by atoms with E-state index in [1.54, 1.807) is 18.2 Å². The summed E-state index contributed by atoms with van der Waals surface area (Å²) in [5.41, 5.74) is 1.04. The fraction of sp³-hybridized carbons (Fsp3) is 0.471. The molecule has 28 heavy (non-hydrogen) atoms. The Labute approximate surface area is 156 Å². The van der Waals surface area contributed by atoms with Crippen LogP contribution in [0.25, 0.3) is 0 Å². The molecule has 1 aromatic carbocycles. The van der Waals surface area contributed by atoms with Gasteiger partial charge in [-0.15, -0.1) is 5.10 Å². The van der Waals surface area contributed by atoms with E-state index in [1.165, 1.54) is 11.0 Å². The molecule has 2 aromatic rings. The molecule has 1 aliphatic carbocycles. The smallest absolute Gasteiger partial charge is 0.324 e. The summed E-state index contributed by atoms with van der Waals surface area (Å²) in [5.74, 6) is -2.08. The quantitative estimate of drug-likeness (QED) is 0.863. The van der Waals surface area contributed by atoms with Crippen molar-refractivity contribution in [2.45, 2.75) is 49.5 Å². The number of carbonyl (C=O) groups excluding carboxylic acids is 2. The van der Waals surface area contributed by atoms with E-state index in [-0.39, 0.29) is 5.91 Å². The van der Waals surface area contributed by atoms with E-state index in [2.05, 4.69) is 20.8 Å². The first-order chi connectivity index (χ1) is 13.3. The van der Waals surface area contributed by atoms with Crippen LogP contribution in [0.15, 0.2) is 24.5 Å². The lowest BCUT2D eigenvalue weighted by Crippen LogP contribution is -2.39. The third-order valence-corrected chi connectivity index (χ3v) is 5.86. The fourth-order valence-corrected chi connectivity index (χ4v) is 4.38. The van der Waals surface area contributed by atoms with Crippen LogP contribution in [0.1, 0.15) is 48.9 Å². The number of carbonyl (C=O) groups is 2. The molecule has 0 spiro atoms. The van der Waals surface area contributed by atoms with Gasteiger partial charge in [-0.1, -0.05) is 6.07 Å². The summed E-state index contributed by atoms with van der Waals surface area (Å²) < 4.78 is 40.3. The minimum atomic E-state index is -4.90. The molecular weight excluding hydrogens is 377 g/mol. The van der Waals surface area contributed by atoms with Crippen LogP contribution < -0.4 is 5.32 Å². The average molecular weight is 392 g/mol. The van der Waals surface area contributed by atoms with E-state index in [1.807, 2.05) is 0 Å². The SMILES string of the molecule is O=C(N1C2CCC1c1cc(NC(=O)C3(n4cnnn4)CC3)ccc12)C(F)(F)F. The van der Waals surface area contributed by atoms with Gasteiger partial charge in [-0.25, -0.2) is 4.68 Å². The van der Waals surface area contributed by atoms with Crippen molar-refractivity contribution in [2.24, 2.45) is 0 Å². The third kappa shape index (κ3) is 2.34. The van der Waals surface area contributed by atoms with E-state index < -0.39 is 29.7 Å². The first kappa shape index (κ1) is 17.1. The first-order valence-corrected chi connectivity index (χ1v) is 8.89. The lowest BCUT2D eigenvalue weighted by atomic mass is 9.91. The highest BCUT2D eigenvalue weighted by Gasteiger charge is 2.55. The number of anilines is 1. The summed E-state index contributed by atoms with van der Waals surface area (Å²) in [4.78, 5) is 25.5. The molecule has 3 aliphatic rings. The number of hydrogen-bond donors (Lipinski definition) is 1. The number of fused-ring (bicyclic) bond motifs is 5. The van der Waals surface area contributed by atoms with E-state index >= 15 is 0 Å².